The van der Waals surface area contributed by atoms with E-state index in [1.807, 2.05) is 36.4 Å². The van der Waals surface area contributed by atoms with Gasteiger partial charge >= 0.3 is 0 Å². The molecular weight excluding hydrogens is 422 g/mol. The van der Waals surface area contributed by atoms with Gasteiger partial charge in [0, 0.05) is 4.47 Å². The summed E-state index contributed by atoms with van der Waals surface area (Å²) in [4.78, 5) is 12.1. The molecule has 0 heterocycles. The fourth-order valence-corrected chi connectivity index (χ4v) is 3.16. The molecule has 1 N–H and O–H groups in total. The number of carbonyl (C=O) groups excluding carboxylic acids is 1. The maximum absolute atomic E-state index is 12.1. The predicted octanol–water partition coefficient (Wildman–Crippen LogP) is 5.35. The summed E-state index contributed by atoms with van der Waals surface area (Å²) in [5.41, 5.74) is 3.18. The van der Waals surface area contributed by atoms with Gasteiger partial charge in [0.15, 0.2) is 6.61 Å². The lowest BCUT2D eigenvalue weighted by molar-refractivity contribution is -0.118. The number of anilines is 1. The SMILES string of the molecule is CCc1ccc(NC(=O)COc2ccc(CC)cc2Br)c(Br)c1. The topological polar surface area (TPSA) is 38.3 Å². The zero-order chi connectivity index (χ0) is 16.8. The van der Waals surface area contributed by atoms with Crippen LogP contribution in [0.4, 0.5) is 5.69 Å². The summed E-state index contributed by atoms with van der Waals surface area (Å²) in [5.74, 6) is 0.471. The van der Waals surface area contributed by atoms with E-state index in [1.165, 1.54) is 11.1 Å². The fraction of sp³-hybridized carbons (Fsp3) is 0.278. The fourth-order valence-electron chi connectivity index (χ4n) is 2.09. The van der Waals surface area contributed by atoms with Crippen molar-refractivity contribution in [3.8, 4) is 5.75 Å². The van der Waals surface area contributed by atoms with Crippen molar-refractivity contribution in [2.45, 2.75) is 26.7 Å². The van der Waals surface area contributed by atoms with Crippen LogP contribution < -0.4 is 10.1 Å². The number of benzene rings is 2. The summed E-state index contributed by atoms with van der Waals surface area (Å²) in [6.45, 7) is 4.15. The van der Waals surface area contributed by atoms with E-state index >= 15 is 0 Å². The molecule has 0 radical (unpaired) electrons. The van der Waals surface area contributed by atoms with Gasteiger partial charge in [0.2, 0.25) is 0 Å². The zero-order valence-electron chi connectivity index (χ0n) is 13.2. The molecular formula is C18H19Br2NO2. The van der Waals surface area contributed by atoms with E-state index < -0.39 is 0 Å². The molecule has 0 spiro atoms. The van der Waals surface area contributed by atoms with Crippen LogP contribution in [0.3, 0.4) is 0 Å². The Morgan fingerprint density at radius 2 is 1.61 bits per heavy atom. The lowest BCUT2D eigenvalue weighted by atomic mass is 10.1. The van der Waals surface area contributed by atoms with E-state index in [4.69, 9.17) is 4.74 Å². The summed E-state index contributed by atoms with van der Waals surface area (Å²) in [6, 6.07) is 11.8. The minimum atomic E-state index is -0.193. The van der Waals surface area contributed by atoms with Crippen molar-refractivity contribution in [3.63, 3.8) is 0 Å². The molecule has 3 nitrogen and oxygen atoms in total. The van der Waals surface area contributed by atoms with Crippen LogP contribution in [-0.2, 0) is 17.6 Å². The van der Waals surface area contributed by atoms with Gasteiger partial charge in [-0.25, -0.2) is 0 Å². The molecule has 0 fully saturated rings. The first-order valence-corrected chi connectivity index (χ1v) is 9.11. The molecule has 122 valence electrons. The first-order chi connectivity index (χ1) is 11.0. The van der Waals surface area contributed by atoms with E-state index in [-0.39, 0.29) is 12.5 Å². The Morgan fingerprint density at radius 1 is 1.00 bits per heavy atom. The molecule has 23 heavy (non-hydrogen) atoms. The van der Waals surface area contributed by atoms with Crippen molar-refractivity contribution in [3.05, 3.63) is 56.5 Å². The number of hydrogen-bond acceptors (Lipinski definition) is 2. The number of nitrogens with one attached hydrogen (secondary N) is 1. The summed E-state index contributed by atoms with van der Waals surface area (Å²) in [7, 11) is 0. The Morgan fingerprint density at radius 3 is 2.17 bits per heavy atom. The quantitative estimate of drug-likeness (QED) is 0.656. The minimum Gasteiger partial charge on any atom is -0.483 e. The highest BCUT2D eigenvalue weighted by Crippen LogP contribution is 2.27. The summed E-state index contributed by atoms with van der Waals surface area (Å²) >= 11 is 6.95. The Labute approximate surface area is 153 Å². The van der Waals surface area contributed by atoms with Crippen LogP contribution >= 0.6 is 31.9 Å². The maximum Gasteiger partial charge on any atom is 0.262 e. The number of halogens is 2. The van der Waals surface area contributed by atoms with Crippen LogP contribution in [-0.4, -0.2) is 12.5 Å². The second kappa shape index (κ2) is 8.50. The van der Waals surface area contributed by atoms with Gasteiger partial charge in [0.25, 0.3) is 5.91 Å². The molecule has 0 aromatic heterocycles. The molecule has 2 aromatic carbocycles. The zero-order valence-corrected chi connectivity index (χ0v) is 16.3. The molecule has 2 rings (SSSR count). The molecule has 0 aliphatic rings. The van der Waals surface area contributed by atoms with Crippen LogP contribution in [0.1, 0.15) is 25.0 Å². The maximum atomic E-state index is 12.1. The standard InChI is InChI=1S/C18H19Br2NO2/c1-3-12-5-7-16(14(19)9-12)21-18(22)11-23-17-8-6-13(4-2)10-15(17)20/h5-10H,3-4,11H2,1-2H3,(H,21,22). The Kier molecular flexibility index (Phi) is 6.66. The molecule has 2 aromatic rings. The number of carbonyl (C=O) groups is 1. The lowest BCUT2D eigenvalue weighted by Crippen LogP contribution is -2.20. The normalized spacial score (nSPS) is 10.4. The molecule has 0 bridgehead atoms. The largest absolute Gasteiger partial charge is 0.483 e. The third kappa shape index (κ3) is 5.08. The highest BCUT2D eigenvalue weighted by Gasteiger charge is 2.09. The van der Waals surface area contributed by atoms with Gasteiger partial charge in [-0.3, -0.25) is 4.79 Å². The van der Waals surface area contributed by atoms with Crippen molar-refractivity contribution in [1.82, 2.24) is 0 Å². The van der Waals surface area contributed by atoms with Crippen molar-refractivity contribution in [2.24, 2.45) is 0 Å². The van der Waals surface area contributed by atoms with Crippen LogP contribution in [0.25, 0.3) is 0 Å². The minimum absolute atomic E-state index is 0.0357. The van der Waals surface area contributed by atoms with Gasteiger partial charge in [-0.15, -0.1) is 0 Å². The highest BCUT2D eigenvalue weighted by molar-refractivity contribution is 9.11. The molecule has 0 saturated carbocycles. The van der Waals surface area contributed by atoms with Crippen molar-refractivity contribution < 1.29 is 9.53 Å². The second-order valence-corrected chi connectivity index (χ2v) is 6.83. The van der Waals surface area contributed by atoms with E-state index in [2.05, 4.69) is 51.0 Å². The number of ether oxygens (including phenoxy) is 1. The third-order valence-corrected chi connectivity index (χ3v) is 4.75. The van der Waals surface area contributed by atoms with Crippen LogP contribution in [0.5, 0.6) is 5.75 Å². The van der Waals surface area contributed by atoms with Crippen molar-refractivity contribution in [1.29, 1.82) is 0 Å². The third-order valence-electron chi connectivity index (χ3n) is 3.48. The predicted molar refractivity (Wildman–Crippen MR) is 101 cm³/mol. The highest BCUT2D eigenvalue weighted by atomic mass is 79.9. The van der Waals surface area contributed by atoms with Gasteiger partial charge in [-0.1, -0.05) is 26.0 Å². The molecule has 0 aliphatic heterocycles. The summed E-state index contributed by atoms with van der Waals surface area (Å²) in [5, 5.41) is 2.85. The lowest BCUT2D eigenvalue weighted by Gasteiger charge is -2.11. The van der Waals surface area contributed by atoms with Crippen molar-refractivity contribution >= 4 is 43.5 Å². The van der Waals surface area contributed by atoms with E-state index in [0.29, 0.717) is 5.75 Å². The number of amides is 1. The summed E-state index contributed by atoms with van der Waals surface area (Å²) < 4.78 is 7.31. The number of aryl methyl sites for hydroxylation is 2. The van der Waals surface area contributed by atoms with Crippen LogP contribution in [0.15, 0.2) is 45.3 Å². The molecule has 0 saturated heterocycles. The smallest absolute Gasteiger partial charge is 0.262 e. The molecule has 5 heteroatoms. The number of hydrogen-bond donors (Lipinski definition) is 1. The average molecular weight is 441 g/mol. The molecule has 0 unspecified atom stereocenters. The Balaban J connectivity index is 1.95. The Hall–Kier alpha value is -1.33. The second-order valence-electron chi connectivity index (χ2n) is 5.12. The van der Waals surface area contributed by atoms with Crippen LogP contribution in [0, 0.1) is 0 Å². The monoisotopic (exact) mass is 439 g/mol. The molecule has 0 atom stereocenters. The molecule has 1 amide bonds. The molecule has 0 aliphatic carbocycles. The average Bonchev–Trinajstić information content (AvgIpc) is 2.55. The van der Waals surface area contributed by atoms with E-state index in [9.17, 15) is 4.79 Å². The van der Waals surface area contributed by atoms with Crippen LogP contribution in [0.2, 0.25) is 0 Å². The van der Waals surface area contributed by atoms with Crippen molar-refractivity contribution in [2.75, 3.05) is 11.9 Å². The van der Waals surface area contributed by atoms with Gasteiger partial charge in [0.1, 0.15) is 5.75 Å². The summed E-state index contributed by atoms with van der Waals surface area (Å²) in [6.07, 6.45) is 1.92. The number of rotatable bonds is 6. The van der Waals surface area contributed by atoms with E-state index in [0.717, 1.165) is 27.5 Å². The van der Waals surface area contributed by atoms with Gasteiger partial charge < -0.3 is 10.1 Å². The first-order valence-electron chi connectivity index (χ1n) is 7.53. The van der Waals surface area contributed by atoms with Gasteiger partial charge in [-0.2, -0.15) is 0 Å². The van der Waals surface area contributed by atoms with Gasteiger partial charge in [0.05, 0.1) is 10.2 Å². The first kappa shape index (κ1) is 18.0. The Bertz CT molecular complexity index is 701. The van der Waals surface area contributed by atoms with E-state index in [1.54, 1.807) is 0 Å². The van der Waals surface area contributed by atoms with Gasteiger partial charge in [-0.05, 0) is 80.1 Å².